The fourth-order valence-corrected chi connectivity index (χ4v) is 5.61. The van der Waals surface area contributed by atoms with Gasteiger partial charge < -0.3 is 9.47 Å². The van der Waals surface area contributed by atoms with Crippen LogP contribution in [0.25, 0.3) is 0 Å². The predicted octanol–water partition coefficient (Wildman–Crippen LogP) is 5.83. The van der Waals surface area contributed by atoms with Crippen LogP contribution in [0, 0.1) is 6.92 Å². The summed E-state index contributed by atoms with van der Waals surface area (Å²) in [5.41, 5.74) is 5.02. The van der Waals surface area contributed by atoms with Crippen molar-refractivity contribution in [3.05, 3.63) is 118 Å². The van der Waals surface area contributed by atoms with Crippen molar-refractivity contribution in [2.24, 2.45) is 5.10 Å². The van der Waals surface area contributed by atoms with E-state index in [-0.39, 0.29) is 22.7 Å². The predicted molar refractivity (Wildman–Crippen MR) is 157 cm³/mol. The third-order valence-electron chi connectivity index (χ3n) is 6.07. The van der Waals surface area contributed by atoms with Gasteiger partial charge in [0.1, 0.15) is 0 Å². The van der Waals surface area contributed by atoms with Crippen LogP contribution in [-0.4, -0.2) is 34.8 Å². The number of ether oxygens (including phenoxy) is 2. The van der Waals surface area contributed by atoms with E-state index in [9.17, 15) is 13.2 Å². The lowest BCUT2D eigenvalue weighted by atomic mass is 10.1. The molecule has 0 aromatic heterocycles. The van der Waals surface area contributed by atoms with Crippen LogP contribution in [0.5, 0.6) is 11.5 Å². The summed E-state index contributed by atoms with van der Waals surface area (Å²) < 4.78 is 39.8. The maximum atomic E-state index is 13.9. The highest BCUT2D eigenvalue weighted by molar-refractivity contribution is 7.92. The number of carbonyl (C=O) groups excluding carboxylic acids is 1. The molecule has 0 fully saturated rings. The molecular formula is C30H28ClN3O5S. The van der Waals surface area contributed by atoms with E-state index in [1.54, 1.807) is 91.0 Å². The van der Waals surface area contributed by atoms with Crippen LogP contribution in [0.2, 0.25) is 5.02 Å². The number of carbonyl (C=O) groups is 1. The number of aryl methyl sites for hydroxylation is 1. The highest BCUT2D eigenvalue weighted by Crippen LogP contribution is 2.31. The van der Waals surface area contributed by atoms with Crippen molar-refractivity contribution in [3.63, 3.8) is 0 Å². The molecule has 0 bridgehead atoms. The van der Waals surface area contributed by atoms with Gasteiger partial charge in [0.25, 0.3) is 15.9 Å². The van der Waals surface area contributed by atoms with Crippen LogP contribution in [-0.2, 0) is 16.6 Å². The van der Waals surface area contributed by atoms with Crippen LogP contribution < -0.4 is 19.2 Å². The molecular weight excluding hydrogens is 550 g/mol. The SMILES string of the molecule is COc1cccc(C=NNC(=O)c2ccccc2N(Cc2ccc(Cl)cc2)S(=O)(=O)c2ccc(C)cc2)c1OC. The van der Waals surface area contributed by atoms with E-state index in [4.69, 9.17) is 21.1 Å². The Balaban J connectivity index is 1.70. The molecule has 1 amide bonds. The topological polar surface area (TPSA) is 97.3 Å². The van der Waals surface area contributed by atoms with Crippen molar-refractivity contribution in [2.45, 2.75) is 18.4 Å². The van der Waals surface area contributed by atoms with Gasteiger partial charge in [-0.3, -0.25) is 9.10 Å². The maximum Gasteiger partial charge on any atom is 0.273 e. The summed E-state index contributed by atoms with van der Waals surface area (Å²) >= 11 is 6.05. The van der Waals surface area contributed by atoms with Gasteiger partial charge in [0, 0.05) is 10.6 Å². The molecule has 4 aromatic carbocycles. The zero-order chi connectivity index (χ0) is 28.7. The molecule has 0 unspecified atom stereocenters. The maximum absolute atomic E-state index is 13.9. The summed E-state index contributed by atoms with van der Waals surface area (Å²) in [7, 11) is -1.03. The van der Waals surface area contributed by atoms with E-state index in [1.807, 2.05) is 6.92 Å². The van der Waals surface area contributed by atoms with Crippen LogP contribution >= 0.6 is 11.6 Å². The number of nitrogens with zero attached hydrogens (tertiary/aromatic N) is 2. The van der Waals surface area contributed by atoms with Gasteiger partial charge in [-0.15, -0.1) is 0 Å². The number of nitrogens with one attached hydrogen (secondary N) is 1. The van der Waals surface area contributed by atoms with Crippen molar-refractivity contribution in [1.82, 2.24) is 5.43 Å². The first-order chi connectivity index (χ1) is 19.2. The Morgan fingerprint density at radius 1 is 0.925 bits per heavy atom. The second-order valence-corrected chi connectivity index (χ2v) is 11.0. The number of hydrazone groups is 1. The summed E-state index contributed by atoms with van der Waals surface area (Å²) in [5.74, 6) is 0.387. The molecule has 1 N–H and O–H groups in total. The van der Waals surface area contributed by atoms with E-state index < -0.39 is 15.9 Å². The zero-order valence-electron chi connectivity index (χ0n) is 22.2. The van der Waals surface area contributed by atoms with Gasteiger partial charge in [-0.25, -0.2) is 13.8 Å². The first-order valence-electron chi connectivity index (χ1n) is 12.2. The highest BCUT2D eigenvalue weighted by atomic mass is 35.5. The molecule has 0 heterocycles. The van der Waals surface area contributed by atoms with Crippen LogP contribution in [0.3, 0.4) is 0 Å². The number of para-hydroxylation sites is 2. The number of anilines is 1. The largest absolute Gasteiger partial charge is 0.493 e. The standard InChI is InChI=1S/C30H28ClN3O5S/c1-21-11-17-25(18-12-21)40(36,37)34(20-22-13-15-24(31)16-14-22)27-9-5-4-8-26(27)30(35)33-32-19-23-7-6-10-28(38-2)29(23)39-3/h4-19H,20H2,1-3H3,(H,33,35). The molecule has 206 valence electrons. The Kier molecular flexibility index (Phi) is 9.08. The van der Waals surface area contributed by atoms with Gasteiger partial charge >= 0.3 is 0 Å². The molecule has 0 saturated heterocycles. The first-order valence-corrected chi connectivity index (χ1v) is 14.0. The number of sulfonamides is 1. The number of halogens is 1. The average Bonchev–Trinajstić information content (AvgIpc) is 2.96. The van der Waals surface area contributed by atoms with Gasteiger partial charge in [0.2, 0.25) is 0 Å². The van der Waals surface area contributed by atoms with E-state index in [1.165, 1.54) is 24.7 Å². The minimum Gasteiger partial charge on any atom is -0.493 e. The molecule has 0 aliphatic heterocycles. The molecule has 0 atom stereocenters. The van der Waals surface area contributed by atoms with Crippen molar-refractivity contribution in [2.75, 3.05) is 18.5 Å². The molecule has 0 spiro atoms. The van der Waals surface area contributed by atoms with E-state index in [0.29, 0.717) is 27.6 Å². The number of rotatable bonds is 10. The summed E-state index contributed by atoms with van der Waals surface area (Å²) in [5, 5.41) is 4.61. The number of amides is 1. The van der Waals surface area contributed by atoms with E-state index in [2.05, 4.69) is 10.5 Å². The van der Waals surface area contributed by atoms with E-state index in [0.717, 1.165) is 5.56 Å². The number of methoxy groups -OCH3 is 2. The Morgan fingerprint density at radius 2 is 1.62 bits per heavy atom. The fourth-order valence-electron chi connectivity index (χ4n) is 4.01. The quantitative estimate of drug-likeness (QED) is 0.189. The Morgan fingerprint density at radius 3 is 2.30 bits per heavy atom. The van der Waals surface area contributed by atoms with Crippen molar-refractivity contribution < 1.29 is 22.7 Å². The third kappa shape index (κ3) is 6.44. The Labute approximate surface area is 238 Å². The van der Waals surface area contributed by atoms with Gasteiger partial charge in [-0.2, -0.15) is 5.10 Å². The van der Waals surface area contributed by atoms with Crippen molar-refractivity contribution in [1.29, 1.82) is 0 Å². The summed E-state index contributed by atoms with van der Waals surface area (Å²) in [6.07, 6.45) is 1.43. The summed E-state index contributed by atoms with van der Waals surface area (Å²) in [6, 6.07) is 25.2. The van der Waals surface area contributed by atoms with Crippen molar-refractivity contribution >= 4 is 39.4 Å². The molecule has 0 saturated carbocycles. The molecule has 10 heteroatoms. The zero-order valence-corrected chi connectivity index (χ0v) is 23.7. The summed E-state index contributed by atoms with van der Waals surface area (Å²) in [6.45, 7) is 1.85. The van der Waals surface area contributed by atoms with Crippen molar-refractivity contribution in [3.8, 4) is 11.5 Å². The number of hydrogen-bond acceptors (Lipinski definition) is 6. The van der Waals surface area contributed by atoms with Gasteiger partial charge in [-0.1, -0.05) is 59.6 Å². The lowest BCUT2D eigenvalue weighted by Crippen LogP contribution is -2.33. The molecule has 8 nitrogen and oxygen atoms in total. The number of hydrogen-bond donors (Lipinski definition) is 1. The average molecular weight is 578 g/mol. The minimum atomic E-state index is -4.06. The molecule has 0 aliphatic rings. The van der Waals surface area contributed by atoms with Crippen LogP contribution in [0.15, 0.2) is 101 Å². The monoisotopic (exact) mass is 577 g/mol. The van der Waals surface area contributed by atoms with Crippen LogP contribution in [0.1, 0.15) is 27.0 Å². The second-order valence-electron chi connectivity index (χ2n) is 8.75. The Bertz CT molecular complexity index is 1620. The summed E-state index contributed by atoms with van der Waals surface area (Å²) in [4.78, 5) is 13.4. The smallest absolute Gasteiger partial charge is 0.273 e. The molecule has 0 aliphatic carbocycles. The number of benzene rings is 4. The lowest BCUT2D eigenvalue weighted by Gasteiger charge is -2.26. The van der Waals surface area contributed by atoms with E-state index >= 15 is 0 Å². The van der Waals surface area contributed by atoms with Gasteiger partial charge in [0.05, 0.1) is 43.1 Å². The molecule has 40 heavy (non-hydrogen) atoms. The van der Waals surface area contributed by atoms with Gasteiger partial charge in [-0.05, 0) is 61.0 Å². The second kappa shape index (κ2) is 12.7. The Hall–Kier alpha value is -4.34. The highest BCUT2D eigenvalue weighted by Gasteiger charge is 2.28. The molecule has 4 rings (SSSR count). The minimum absolute atomic E-state index is 0.0258. The first kappa shape index (κ1) is 28.7. The fraction of sp³-hybridized carbons (Fsp3) is 0.133. The van der Waals surface area contributed by atoms with Gasteiger partial charge in [0.15, 0.2) is 11.5 Å². The third-order valence-corrected chi connectivity index (χ3v) is 8.09. The normalized spacial score (nSPS) is 11.3. The lowest BCUT2D eigenvalue weighted by molar-refractivity contribution is 0.0955. The van der Waals surface area contributed by atoms with Crippen LogP contribution in [0.4, 0.5) is 5.69 Å². The molecule has 4 aromatic rings. The molecule has 0 radical (unpaired) electrons.